The van der Waals surface area contributed by atoms with Crippen molar-refractivity contribution in [3.63, 3.8) is 0 Å². The van der Waals surface area contributed by atoms with Gasteiger partial charge in [-0.3, -0.25) is 14.5 Å². The van der Waals surface area contributed by atoms with Crippen LogP contribution in [0.25, 0.3) is 5.76 Å². The molecular formula is C27H24BrNO5. The summed E-state index contributed by atoms with van der Waals surface area (Å²) in [5, 5.41) is 11.2. The predicted molar refractivity (Wildman–Crippen MR) is 134 cm³/mol. The van der Waals surface area contributed by atoms with Gasteiger partial charge < -0.3 is 14.6 Å². The van der Waals surface area contributed by atoms with Gasteiger partial charge in [0.2, 0.25) is 0 Å². The largest absolute Gasteiger partial charge is 0.507 e. The van der Waals surface area contributed by atoms with Gasteiger partial charge in [0.15, 0.2) is 0 Å². The number of rotatable bonds is 7. The summed E-state index contributed by atoms with van der Waals surface area (Å²) >= 11 is 3.38. The Balaban J connectivity index is 1.87. The van der Waals surface area contributed by atoms with Crippen molar-refractivity contribution in [3.05, 3.63) is 94.0 Å². The minimum atomic E-state index is -0.823. The number of methoxy groups -OCH3 is 1. The van der Waals surface area contributed by atoms with Crippen molar-refractivity contribution < 1.29 is 24.2 Å². The van der Waals surface area contributed by atoms with Crippen molar-refractivity contribution in [2.24, 2.45) is 0 Å². The molecule has 1 aliphatic heterocycles. The summed E-state index contributed by atoms with van der Waals surface area (Å²) in [6.07, 6.45) is 0.880. The fourth-order valence-corrected chi connectivity index (χ4v) is 4.17. The van der Waals surface area contributed by atoms with E-state index in [4.69, 9.17) is 9.47 Å². The van der Waals surface area contributed by atoms with E-state index in [0.29, 0.717) is 34.9 Å². The van der Waals surface area contributed by atoms with Crippen LogP contribution in [0, 0.1) is 0 Å². The van der Waals surface area contributed by atoms with Crippen molar-refractivity contribution in [2.75, 3.05) is 18.6 Å². The molecule has 1 heterocycles. The minimum absolute atomic E-state index is 0.0253. The van der Waals surface area contributed by atoms with Crippen LogP contribution in [0.4, 0.5) is 5.69 Å². The topological polar surface area (TPSA) is 76.1 Å². The summed E-state index contributed by atoms with van der Waals surface area (Å²) in [7, 11) is 1.53. The Morgan fingerprint density at radius 2 is 1.71 bits per heavy atom. The highest BCUT2D eigenvalue weighted by atomic mass is 79.9. The first-order chi connectivity index (χ1) is 16.4. The molecule has 1 unspecified atom stereocenters. The lowest BCUT2D eigenvalue weighted by Gasteiger charge is -2.26. The van der Waals surface area contributed by atoms with Crippen LogP contribution in [0.1, 0.15) is 30.5 Å². The van der Waals surface area contributed by atoms with Gasteiger partial charge in [-0.1, -0.05) is 53.2 Å². The minimum Gasteiger partial charge on any atom is -0.507 e. The zero-order valence-electron chi connectivity index (χ0n) is 18.8. The SMILES string of the molecule is CCCOc1ccc(C2/C(=C(\O)c3ccc(Br)cc3)C(=O)C(=O)N2c2cccc(OC)c2)cc1. The van der Waals surface area contributed by atoms with Gasteiger partial charge in [-0.25, -0.2) is 0 Å². The van der Waals surface area contributed by atoms with E-state index < -0.39 is 17.7 Å². The van der Waals surface area contributed by atoms with Crippen LogP contribution in [0.15, 0.2) is 82.8 Å². The molecule has 1 atom stereocenters. The van der Waals surface area contributed by atoms with Gasteiger partial charge in [-0.05, 0) is 48.4 Å². The smallest absolute Gasteiger partial charge is 0.300 e. The van der Waals surface area contributed by atoms with Crippen LogP contribution < -0.4 is 14.4 Å². The third kappa shape index (κ3) is 4.56. The van der Waals surface area contributed by atoms with Crippen LogP contribution in [-0.4, -0.2) is 30.5 Å². The standard InChI is InChI=1S/C27H24BrNO5/c1-3-15-34-21-13-9-17(10-14-21)24-23(25(30)18-7-11-19(28)12-8-18)26(31)27(32)29(24)20-5-4-6-22(16-20)33-2/h4-14,16,24,30H,3,15H2,1-2H3/b25-23+. The molecule has 3 aromatic carbocycles. The van der Waals surface area contributed by atoms with Gasteiger partial charge in [0, 0.05) is 21.8 Å². The summed E-state index contributed by atoms with van der Waals surface area (Å²) in [6, 6.07) is 20.3. The molecule has 0 radical (unpaired) electrons. The highest BCUT2D eigenvalue weighted by molar-refractivity contribution is 9.10. The fourth-order valence-electron chi connectivity index (χ4n) is 3.90. The molecule has 6 nitrogen and oxygen atoms in total. The molecule has 0 bridgehead atoms. The highest BCUT2D eigenvalue weighted by Gasteiger charge is 2.47. The second-order valence-corrected chi connectivity index (χ2v) is 8.71. The Labute approximate surface area is 206 Å². The number of benzene rings is 3. The number of aliphatic hydroxyl groups is 1. The number of hydrogen-bond acceptors (Lipinski definition) is 5. The van der Waals surface area contributed by atoms with Crippen LogP contribution in [0.2, 0.25) is 0 Å². The van der Waals surface area contributed by atoms with Crippen molar-refractivity contribution in [1.82, 2.24) is 0 Å². The van der Waals surface area contributed by atoms with Crippen molar-refractivity contribution >= 4 is 39.1 Å². The third-order valence-corrected chi connectivity index (χ3v) is 6.09. The molecule has 1 amide bonds. The number of hydrogen-bond donors (Lipinski definition) is 1. The molecule has 3 aromatic rings. The average Bonchev–Trinajstić information content (AvgIpc) is 3.13. The van der Waals surface area contributed by atoms with Crippen LogP contribution in [-0.2, 0) is 9.59 Å². The number of carbonyl (C=O) groups is 2. The van der Waals surface area contributed by atoms with Gasteiger partial charge in [0.1, 0.15) is 17.3 Å². The number of anilines is 1. The van der Waals surface area contributed by atoms with E-state index in [1.54, 1.807) is 60.7 Å². The van der Waals surface area contributed by atoms with E-state index >= 15 is 0 Å². The van der Waals surface area contributed by atoms with E-state index in [1.807, 2.05) is 19.1 Å². The van der Waals surface area contributed by atoms with Crippen molar-refractivity contribution in [2.45, 2.75) is 19.4 Å². The second kappa shape index (κ2) is 10.1. The Morgan fingerprint density at radius 1 is 1.00 bits per heavy atom. The Kier molecular flexibility index (Phi) is 7.03. The summed E-state index contributed by atoms with van der Waals surface area (Å²) in [6.45, 7) is 2.61. The van der Waals surface area contributed by atoms with E-state index in [1.165, 1.54) is 12.0 Å². The van der Waals surface area contributed by atoms with Crippen LogP contribution in [0.3, 0.4) is 0 Å². The molecule has 0 saturated carbocycles. The zero-order chi connectivity index (χ0) is 24.2. The molecule has 1 N–H and O–H groups in total. The van der Waals surface area contributed by atoms with E-state index in [0.717, 1.165) is 10.9 Å². The lowest BCUT2D eigenvalue weighted by atomic mass is 9.95. The molecular weight excluding hydrogens is 498 g/mol. The summed E-state index contributed by atoms with van der Waals surface area (Å²) in [5.41, 5.74) is 1.63. The third-order valence-electron chi connectivity index (χ3n) is 5.56. The maximum atomic E-state index is 13.3. The number of amides is 1. The summed E-state index contributed by atoms with van der Waals surface area (Å²) in [4.78, 5) is 27.9. The quantitative estimate of drug-likeness (QED) is 0.239. The van der Waals surface area contributed by atoms with Gasteiger partial charge >= 0.3 is 0 Å². The first-order valence-electron chi connectivity index (χ1n) is 10.9. The molecule has 0 spiro atoms. The number of Topliss-reactive ketones (excluding diaryl/α,β-unsaturated/α-hetero) is 1. The number of aliphatic hydroxyl groups excluding tert-OH is 1. The van der Waals surface area contributed by atoms with Gasteiger partial charge in [-0.15, -0.1) is 0 Å². The monoisotopic (exact) mass is 521 g/mol. The molecule has 34 heavy (non-hydrogen) atoms. The number of halogens is 1. The maximum absolute atomic E-state index is 13.3. The highest BCUT2D eigenvalue weighted by Crippen LogP contribution is 2.43. The lowest BCUT2D eigenvalue weighted by molar-refractivity contribution is -0.132. The summed E-state index contributed by atoms with van der Waals surface area (Å²) in [5.74, 6) is -0.457. The number of nitrogens with zero attached hydrogens (tertiary/aromatic N) is 1. The van der Waals surface area contributed by atoms with Gasteiger partial charge in [0.25, 0.3) is 11.7 Å². The van der Waals surface area contributed by atoms with E-state index in [9.17, 15) is 14.7 Å². The number of carbonyl (C=O) groups excluding carboxylic acids is 2. The molecule has 4 rings (SSSR count). The normalized spacial score (nSPS) is 17.1. The number of ether oxygens (including phenoxy) is 2. The predicted octanol–water partition coefficient (Wildman–Crippen LogP) is 5.87. The first kappa shape index (κ1) is 23.6. The Bertz CT molecular complexity index is 1230. The van der Waals surface area contributed by atoms with Crippen molar-refractivity contribution in [3.8, 4) is 11.5 Å². The van der Waals surface area contributed by atoms with E-state index in [-0.39, 0.29) is 11.3 Å². The average molecular weight is 522 g/mol. The molecule has 1 fully saturated rings. The molecule has 0 aliphatic carbocycles. The zero-order valence-corrected chi connectivity index (χ0v) is 20.4. The maximum Gasteiger partial charge on any atom is 0.300 e. The van der Waals surface area contributed by atoms with Gasteiger partial charge in [0.05, 0.1) is 25.3 Å². The molecule has 7 heteroatoms. The molecule has 1 aliphatic rings. The van der Waals surface area contributed by atoms with Gasteiger partial charge in [-0.2, -0.15) is 0 Å². The number of ketones is 1. The molecule has 174 valence electrons. The first-order valence-corrected chi connectivity index (χ1v) is 11.7. The Morgan fingerprint density at radius 3 is 2.35 bits per heavy atom. The van der Waals surface area contributed by atoms with Crippen molar-refractivity contribution in [1.29, 1.82) is 0 Å². The van der Waals surface area contributed by atoms with E-state index in [2.05, 4.69) is 15.9 Å². The molecule has 0 aromatic heterocycles. The van der Waals surface area contributed by atoms with Crippen LogP contribution in [0.5, 0.6) is 11.5 Å². The summed E-state index contributed by atoms with van der Waals surface area (Å²) < 4.78 is 11.8. The fraction of sp³-hybridized carbons (Fsp3) is 0.185. The lowest BCUT2D eigenvalue weighted by Crippen LogP contribution is -2.29. The molecule has 1 saturated heterocycles. The second-order valence-electron chi connectivity index (χ2n) is 7.79. The van der Waals surface area contributed by atoms with Crippen LogP contribution >= 0.6 is 15.9 Å². The Hall–Kier alpha value is -3.58.